The van der Waals surface area contributed by atoms with Crippen molar-refractivity contribution in [3.8, 4) is 22.6 Å². The summed E-state index contributed by atoms with van der Waals surface area (Å²) < 4.78 is 11.2. The first-order valence-electron chi connectivity index (χ1n) is 9.34. The van der Waals surface area contributed by atoms with Gasteiger partial charge < -0.3 is 19.7 Å². The molecule has 0 radical (unpaired) electrons. The van der Waals surface area contributed by atoms with Crippen molar-refractivity contribution >= 4 is 65.3 Å². The molecule has 0 saturated carbocycles. The molecule has 4 aromatic rings. The minimum absolute atomic E-state index is 0.0683. The van der Waals surface area contributed by atoms with Gasteiger partial charge in [-0.05, 0) is 57.9 Å². The summed E-state index contributed by atoms with van der Waals surface area (Å²) in [5.74, 6) is -2.20. The topological polar surface area (TPSA) is 93.1 Å². The summed E-state index contributed by atoms with van der Waals surface area (Å²) in [6, 6.07) is 13.7. The minimum Gasteiger partial charge on any atom is -0.506 e. The molecule has 2 N–H and O–H groups in total. The zero-order valence-corrected chi connectivity index (χ0v) is 20.1. The summed E-state index contributed by atoms with van der Waals surface area (Å²) in [6.45, 7) is 0. The van der Waals surface area contributed by atoms with E-state index in [-0.39, 0.29) is 33.8 Å². The molecule has 4 rings (SSSR count). The second kappa shape index (κ2) is 8.44. The molecule has 0 aromatic heterocycles. The average Bonchev–Trinajstić information content (AvgIpc) is 2.78. The van der Waals surface area contributed by atoms with Crippen molar-refractivity contribution < 1.29 is 29.3 Å². The Balaban J connectivity index is 2.25. The number of aromatic hydroxyl groups is 2. The van der Waals surface area contributed by atoms with E-state index in [2.05, 4.69) is 31.9 Å². The normalized spacial score (nSPS) is 11.0. The lowest BCUT2D eigenvalue weighted by molar-refractivity contribution is 0.0588. The van der Waals surface area contributed by atoms with Crippen molar-refractivity contribution in [2.45, 2.75) is 0 Å². The lowest BCUT2D eigenvalue weighted by Crippen LogP contribution is -2.05. The molecule has 162 valence electrons. The maximum absolute atomic E-state index is 12.4. The molecule has 0 aliphatic carbocycles. The number of esters is 2. The van der Waals surface area contributed by atoms with Gasteiger partial charge in [-0.3, -0.25) is 0 Å². The summed E-state index contributed by atoms with van der Waals surface area (Å²) in [5, 5.41) is 24.8. The number of methoxy groups -OCH3 is 2. The molecule has 32 heavy (non-hydrogen) atoms. The Morgan fingerprint density at radius 3 is 1.41 bits per heavy atom. The van der Waals surface area contributed by atoms with E-state index in [0.717, 1.165) is 8.95 Å². The van der Waals surface area contributed by atoms with Gasteiger partial charge in [0.05, 0.1) is 14.2 Å². The Kier molecular flexibility index (Phi) is 5.83. The summed E-state index contributed by atoms with van der Waals surface area (Å²) >= 11 is 6.84. The SMILES string of the molecule is COC(=O)c1cc2cc(Br)ccc2c(-c2c(O)c(C(=O)OC)cc3cc(Br)ccc23)c1O. The molecule has 0 atom stereocenters. The predicted molar refractivity (Wildman–Crippen MR) is 128 cm³/mol. The van der Waals surface area contributed by atoms with E-state index in [4.69, 9.17) is 9.47 Å². The van der Waals surface area contributed by atoms with Gasteiger partial charge in [0, 0.05) is 20.1 Å². The van der Waals surface area contributed by atoms with Crippen LogP contribution in [0.5, 0.6) is 11.5 Å². The van der Waals surface area contributed by atoms with E-state index in [1.165, 1.54) is 26.4 Å². The Morgan fingerprint density at radius 1 is 0.688 bits per heavy atom. The quantitative estimate of drug-likeness (QED) is 0.292. The highest BCUT2D eigenvalue weighted by Gasteiger charge is 2.26. The van der Waals surface area contributed by atoms with Gasteiger partial charge in [-0.25, -0.2) is 9.59 Å². The number of fused-ring (bicyclic) bond motifs is 2. The van der Waals surface area contributed by atoms with Crippen molar-refractivity contribution in [2.24, 2.45) is 0 Å². The molecule has 0 amide bonds. The van der Waals surface area contributed by atoms with Gasteiger partial charge in [0.1, 0.15) is 22.6 Å². The Morgan fingerprint density at radius 2 is 1.06 bits per heavy atom. The van der Waals surface area contributed by atoms with Crippen LogP contribution in [-0.4, -0.2) is 36.4 Å². The molecule has 0 heterocycles. The van der Waals surface area contributed by atoms with Crippen LogP contribution in [0.4, 0.5) is 0 Å². The third kappa shape index (κ3) is 3.59. The van der Waals surface area contributed by atoms with Crippen LogP contribution in [0.3, 0.4) is 0 Å². The largest absolute Gasteiger partial charge is 0.506 e. The monoisotopic (exact) mass is 558 g/mol. The van der Waals surface area contributed by atoms with Crippen LogP contribution in [0.2, 0.25) is 0 Å². The van der Waals surface area contributed by atoms with E-state index in [1.54, 1.807) is 36.4 Å². The molecule has 6 nitrogen and oxygen atoms in total. The molecule has 4 aromatic carbocycles. The number of hydrogen-bond acceptors (Lipinski definition) is 6. The number of hydrogen-bond donors (Lipinski definition) is 2. The molecule has 8 heteroatoms. The van der Waals surface area contributed by atoms with Crippen molar-refractivity contribution in [3.05, 3.63) is 68.6 Å². The Labute approximate surface area is 199 Å². The van der Waals surface area contributed by atoms with Gasteiger partial charge in [0.15, 0.2) is 0 Å². The van der Waals surface area contributed by atoms with Gasteiger partial charge in [-0.1, -0.05) is 44.0 Å². The summed E-state index contributed by atoms with van der Waals surface area (Å²) in [5.41, 5.74) is 0.263. The third-order valence-corrected chi connectivity index (χ3v) is 6.20. The van der Waals surface area contributed by atoms with Crippen LogP contribution in [-0.2, 0) is 9.47 Å². The standard InChI is InChI=1S/C24H16Br2O6/c1-31-23(29)17-9-11-7-13(25)3-5-15(11)19(21(17)27)20-16-6-4-14(26)8-12(16)10-18(22(20)28)24(30)32-2/h3-10,27-28H,1-2H3. The Hall–Kier alpha value is -3.10. The molecule has 0 fully saturated rings. The van der Waals surface area contributed by atoms with Crippen LogP contribution in [0.25, 0.3) is 32.7 Å². The number of halogens is 2. The molecule has 0 aliphatic heterocycles. The number of ether oxygens (including phenoxy) is 2. The molecule has 0 saturated heterocycles. The van der Waals surface area contributed by atoms with Gasteiger partial charge in [-0.15, -0.1) is 0 Å². The zero-order chi connectivity index (χ0) is 23.2. The number of phenols is 2. The molecular weight excluding hydrogens is 544 g/mol. The second-order valence-corrected chi connectivity index (χ2v) is 8.84. The Bertz CT molecular complexity index is 1320. The van der Waals surface area contributed by atoms with Crippen molar-refractivity contribution in [3.63, 3.8) is 0 Å². The lowest BCUT2D eigenvalue weighted by Gasteiger charge is -2.18. The number of carbonyl (C=O) groups excluding carboxylic acids is 2. The first kappa shape index (κ1) is 22.1. The van der Waals surface area contributed by atoms with Gasteiger partial charge >= 0.3 is 11.9 Å². The first-order valence-corrected chi connectivity index (χ1v) is 10.9. The van der Waals surface area contributed by atoms with Crippen molar-refractivity contribution in [1.82, 2.24) is 0 Å². The van der Waals surface area contributed by atoms with Crippen LogP contribution in [0.15, 0.2) is 57.5 Å². The maximum Gasteiger partial charge on any atom is 0.341 e. The highest BCUT2D eigenvalue weighted by atomic mass is 79.9. The van der Waals surface area contributed by atoms with Crippen LogP contribution in [0.1, 0.15) is 20.7 Å². The number of rotatable bonds is 3. The van der Waals surface area contributed by atoms with E-state index in [9.17, 15) is 19.8 Å². The highest BCUT2D eigenvalue weighted by Crippen LogP contribution is 2.48. The summed E-state index contributed by atoms with van der Waals surface area (Å²) in [6.07, 6.45) is 0. The maximum atomic E-state index is 12.4. The smallest absolute Gasteiger partial charge is 0.341 e. The average molecular weight is 560 g/mol. The molecule has 0 aliphatic rings. The van der Waals surface area contributed by atoms with Crippen molar-refractivity contribution in [2.75, 3.05) is 14.2 Å². The zero-order valence-electron chi connectivity index (χ0n) is 16.9. The molecule has 0 unspecified atom stereocenters. The fourth-order valence-corrected chi connectivity index (χ4v) is 4.53. The fourth-order valence-electron chi connectivity index (χ4n) is 3.77. The summed E-state index contributed by atoms with van der Waals surface area (Å²) in [7, 11) is 2.43. The van der Waals surface area contributed by atoms with E-state index in [1.807, 2.05) is 0 Å². The van der Waals surface area contributed by atoms with Crippen LogP contribution >= 0.6 is 31.9 Å². The number of benzene rings is 4. The van der Waals surface area contributed by atoms with E-state index < -0.39 is 11.9 Å². The first-order chi connectivity index (χ1) is 15.3. The van der Waals surface area contributed by atoms with Crippen molar-refractivity contribution in [1.29, 1.82) is 0 Å². The number of carbonyl (C=O) groups is 2. The van der Waals surface area contributed by atoms with E-state index in [0.29, 0.717) is 21.5 Å². The highest BCUT2D eigenvalue weighted by molar-refractivity contribution is 9.10. The fraction of sp³-hybridized carbons (Fsp3) is 0.0833. The predicted octanol–water partition coefficient (Wildman–Crippen LogP) is 6.17. The van der Waals surface area contributed by atoms with E-state index >= 15 is 0 Å². The lowest BCUT2D eigenvalue weighted by atomic mass is 9.89. The second-order valence-electron chi connectivity index (χ2n) is 7.01. The number of phenolic OH excluding ortho intramolecular Hbond substituents is 2. The third-order valence-electron chi connectivity index (χ3n) is 5.21. The molecular formula is C24H16Br2O6. The van der Waals surface area contributed by atoms with Gasteiger partial charge in [0.2, 0.25) is 0 Å². The van der Waals surface area contributed by atoms with Gasteiger partial charge in [-0.2, -0.15) is 0 Å². The van der Waals surface area contributed by atoms with Crippen LogP contribution < -0.4 is 0 Å². The minimum atomic E-state index is -0.735. The van der Waals surface area contributed by atoms with Gasteiger partial charge in [0.25, 0.3) is 0 Å². The molecule has 0 spiro atoms. The summed E-state index contributed by atoms with van der Waals surface area (Å²) in [4.78, 5) is 24.8. The van der Waals surface area contributed by atoms with Crippen LogP contribution in [0, 0.1) is 0 Å². The molecule has 0 bridgehead atoms.